The van der Waals surface area contributed by atoms with Crippen molar-refractivity contribution in [2.45, 2.75) is 44.7 Å². The van der Waals surface area contributed by atoms with Crippen molar-refractivity contribution in [3.63, 3.8) is 0 Å². The third-order valence-electron chi connectivity index (χ3n) is 4.25. The van der Waals surface area contributed by atoms with Gasteiger partial charge in [0.15, 0.2) is 5.96 Å². The Kier molecular flexibility index (Phi) is 7.39. The van der Waals surface area contributed by atoms with Crippen molar-refractivity contribution in [3.05, 3.63) is 29.8 Å². The zero-order chi connectivity index (χ0) is 17.2. The first-order valence-electron chi connectivity index (χ1n) is 8.58. The lowest BCUT2D eigenvalue weighted by atomic mass is 9.95. The summed E-state index contributed by atoms with van der Waals surface area (Å²) in [6.07, 6.45) is 5.88. The minimum atomic E-state index is 0.0159. The Labute approximate surface area is 144 Å². The molecule has 0 saturated heterocycles. The summed E-state index contributed by atoms with van der Waals surface area (Å²) in [5.41, 5.74) is 1.04. The van der Waals surface area contributed by atoms with E-state index >= 15 is 0 Å². The topological polar surface area (TPSA) is 74.8 Å². The van der Waals surface area contributed by atoms with Crippen molar-refractivity contribution in [2.75, 3.05) is 20.7 Å². The number of nitrogens with one attached hydrogen (secondary N) is 3. The Hall–Kier alpha value is -2.24. The predicted molar refractivity (Wildman–Crippen MR) is 96.2 cm³/mol. The summed E-state index contributed by atoms with van der Waals surface area (Å²) < 4.78 is 5.33. The molecule has 6 heteroatoms. The lowest BCUT2D eigenvalue weighted by molar-refractivity contribution is -0.120. The molecule has 0 radical (unpaired) electrons. The molecule has 3 N–H and O–H groups in total. The van der Waals surface area contributed by atoms with Crippen molar-refractivity contribution in [3.8, 4) is 5.75 Å². The van der Waals surface area contributed by atoms with Gasteiger partial charge in [0.05, 0.1) is 13.7 Å². The molecule has 1 fully saturated rings. The molecule has 0 aromatic heterocycles. The van der Waals surface area contributed by atoms with Crippen molar-refractivity contribution in [2.24, 2.45) is 4.99 Å². The van der Waals surface area contributed by atoms with Gasteiger partial charge in [-0.3, -0.25) is 9.79 Å². The summed E-state index contributed by atoms with van der Waals surface area (Å²) in [6, 6.07) is 8.15. The number of nitrogens with zero attached hydrogens (tertiary/aromatic N) is 1. The van der Waals surface area contributed by atoms with E-state index in [4.69, 9.17) is 4.74 Å². The average Bonchev–Trinajstić information content (AvgIpc) is 2.63. The molecular formula is C18H28N4O2. The maximum atomic E-state index is 12.0. The molecule has 24 heavy (non-hydrogen) atoms. The zero-order valence-corrected chi connectivity index (χ0v) is 14.6. The summed E-state index contributed by atoms with van der Waals surface area (Å²) in [4.78, 5) is 16.2. The number of guanidine groups is 1. The van der Waals surface area contributed by atoms with E-state index in [9.17, 15) is 4.79 Å². The van der Waals surface area contributed by atoms with Gasteiger partial charge in [-0.05, 0) is 18.9 Å². The van der Waals surface area contributed by atoms with E-state index in [1.165, 1.54) is 19.3 Å². The Morgan fingerprint density at radius 2 is 1.96 bits per heavy atom. The maximum absolute atomic E-state index is 12.0. The Bertz CT molecular complexity index is 554. The van der Waals surface area contributed by atoms with Gasteiger partial charge in [0.25, 0.3) is 0 Å². The Morgan fingerprint density at radius 1 is 1.21 bits per heavy atom. The monoisotopic (exact) mass is 332 g/mol. The number of para-hydroxylation sites is 1. The van der Waals surface area contributed by atoms with Crippen LogP contribution >= 0.6 is 0 Å². The minimum Gasteiger partial charge on any atom is -0.496 e. The molecule has 0 bridgehead atoms. The lowest BCUT2D eigenvalue weighted by Crippen LogP contribution is -2.45. The third kappa shape index (κ3) is 5.76. The molecule has 0 unspecified atom stereocenters. The van der Waals surface area contributed by atoms with Gasteiger partial charge < -0.3 is 20.7 Å². The van der Waals surface area contributed by atoms with E-state index in [2.05, 4.69) is 20.9 Å². The zero-order valence-electron chi connectivity index (χ0n) is 14.6. The van der Waals surface area contributed by atoms with Gasteiger partial charge in [0.2, 0.25) is 5.91 Å². The molecular weight excluding hydrogens is 304 g/mol. The fourth-order valence-corrected chi connectivity index (χ4v) is 2.94. The van der Waals surface area contributed by atoms with Gasteiger partial charge in [0, 0.05) is 25.2 Å². The highest BCUT2D eigenvalue weighted by Gasteiger charge is 2.15. The summed E-state index contributed by atoms with van der Waals surface area (Å²) in [5, 5.41) is 9.34. The summed E-state index contributed by atoms with van der Waals surface area (Å²) in [6.45, 7) is 0.802. The number of amides is 1. The van der Waals surface area contributed by atoms with Crippen LogP contribution in [-0.4, -0.2) is 38.6 Å². The second-order valence-corrected chi connectivity index (χ2v) is 5.99. The van der Waals surface area contributed by atoms with Crippen molar-refractivity contribution in [1.29, 1.82) is 0 Å². The number of aliphatic imine (C=N–C) groups is 1. The summed E-state index contributed by atoms with van der Waals surface area (Å²) >= 11 is 0. The third-order valence-corrected chi connectivity index (χ3v) is 4.25. The average molecular weight is 332 g/mol. The van der Waals surface area contributed by atoms with Crippen LogP contribution in [0.5, 0.6) is 5.75 Å². The van der Waals surface area contributed by atoms with E-state index in [0.29, 0.717) is 18.5 Å². The highest BCUT2D eigenvalue weighted by molar-refractivity contribution is 5.86. The molecule has 0 heterocycles. The van der Waals surface area contributed by atoms with E-state index in [1.807, 2.05) is 24.3 Å². The van der Waals surface area contributed by atoms with Gasteiger partial charge in [-0.1, -0.05) is 37.5 Å². The fourth-order valence-electron chi connectivity index (χ4n) is 2.94. The first-order chi connectivity index (χ1) is 11.7. The quantitative estimate of drug-likeness (QED) is 0.549. The number of hydrogen-bond acceptors (Lipinski definition) is 3. The maximum Gasteiger partial charge on any atom is 0.239 e. The van der Waals surface area contributed by atoms with Crippen LogP contribution < -0.4 is 20.7 Å². The number of hydrogen-bond donors (Lipinski definition) is 3. The van der Waals surface area contributed by atoms with Gasteiger partial charge in [0.1, 0.15) is 5.75 Å². The van der Waals surface area contributed by atoms with Crippen LogP contribution in [0.25, 0.3) is 0 Å². The Morgan fingerprint density at radius 3 is 2.67 bits per heavy atom. The van der Waals surface area contributed by atoms with E-state index in [1.54, 1.807) is 14.2 Å². The molecule has 1 aromatic rings. The molecule has 1 saturated carbocycles. The normalized spacial score (nSPS) is 15.7. The molecule has 0 spiro atoms. The first kappa shape index (κ1) is 18.1. The number of rotatable bonds is 6. The largest absolute Gasteiger partial charge is 0.496 e. The number of ether oxygens (including phenoxy) is 1. The smallest absolute Gasteiger partial charge is 0.239 e. The Balaban J connectivity index is 1.74. The SMILES string of the molecule is CN=C(NCC(=O)NC1CCCCC1)NCc1ccccc1OC. The van der Waals surface area contributed by atoms with E-state index in [-0.39, 0.29) is 12.5 Å². The van der Waals surface area contributed by atoms with Crippen molar-refractivity contribution >= 4 is 11.9 Å². The molecule has 2 rings (SSSR count). The van der Waals surface area contributed by atoms with Crippen LogP contribution in [0, 0.1) is 0 Å². The molecule has 1 aliphatic rings. The molecule has 6 nitrogen and oxygen atoms in total. The van der Waals surface area contributed by atoms with Crippen LogP contribution in [0.3, 0.4) is 0 Å². The van der Waals surface area contributed by atoms with E-state index < -0.39 is 0 Å². The molecule has 1 aliphatic carbocycles. The standard InChI is InChI=1S/C18H28N4O2/c1-19-18(20-12-14-8-6-7-11-16(14)24-2)21-13-17(23)22-15-9-4-3-5-10-15/h6-8,11,15H,3-5,9-10,12-13H2,1-2H3,(H,22,23)(H2,19,20,21). The van der Waals surface area contributed by atoms with Gasteiger partial charge in [-0.2, -0.15) is 0 Å². The van der Waals surface area contributed by atoms with Gasteiger partial charge >= 0.3 is 0 Å². The summed E-state index contributed by atoms with van der Waals surface area (Å²) in [5.74, 6) is 1.44. The summed E-state index contributed by atoms with van der Waals surface area (Å²) in [7, 11) is 3.35. The van der Waals surface area contributed by atoms with Crippen molar-refractivity contribution in [1.82, 2.24) is 16.0 Å². The van der Waals surface area contributed by atoms with Crippen LogP contribution in [0.2, 0.25) is 0 Å². The van der Waals surface area contributed by atoms with Crippen LogP contribution in [-0.2, 0) is 11.3 Å². The molecule has 0 aliphatic heterocycles. The van der Waals surface area contributed by atoms with Crippen LogP contribution in [0.4, 0.5) is 0 Å². The molecule has 1 amide bonds. The second-order valence-electron chi connectivity index (χ2n) is 5.99. The molecule has 132 valence electrons. The van der Waals surface area contributed by atoms with Crippen LogP contribution in [0.1, 0.15) is 37.7 Å². The number of methoxy groups -OCH3 is 1. The number of carbonyl (C=O) groups is 1. The predicted octanol–water partition coefficient (Wildman–Crippen LogP) is 1.81. The highest BCUT2D eigenvalue weighted by atomic mass is 16.5. The number of benzene rings is 1. The van der Waals surface area contributed by atoms with Gasteiger partial charge in [-0.15, -0.1) is 0 Å². The number of carbonyl (C=O) groups excluding carboxylic acids is 1. The highest BCUT2D eigenvalue weighted by Crippen LogP contribution is 2.17. The molecule has 1 aromatic carbocycles. The van der Waals surface area contributed by atoms with Gasteiger partial charge in [-0.25, -0.2) is 0 Å². The first-order valence-corrected chi connectivity index (χ1v) is 8.58. The van der Waals surface area contributed by atoms with E-state index in [0.717, 1.165) is 24.2 Å². The lowest BCUT2D eigenvalue weighted by Gasteiger charge is -2.23. The molecule has 0 atom stereocenters. The van der Waals surface area contributed by atoms with Crippen molar-refractivity contribution < 1.29 is 9.53 Å². The fraction of sp³-hybridized carbons (Fsp3) is 0.556. The minimum absolute atomic E-state index is 0.0159. The van der Waals surface area contributed by atoms with Crippen LogP contribution in [0.15, 0.2) is 29.3 Å². The second kappa shape index (κ2) is 9.80.